The molecule has 0 unspecified atom stereocenters. The number of nitrogens with zero attached hydrogens (tertiary/aromatic N) is 1. The van der Waals surface area contributed by atoms with Crippen LogP contribution < -0.4 is 21.3 Å². The Labute approximate surface area is 139 Å². The fourth-order valence-electron chi connectivity index (χ4n) is 2.51. The zero-order valence-electron chi connectivity index (χ0n) is 13.5. The molecule has 24 heavy (non-hydrogen) atoms. The largest absolute Gasteiger partial charge is 0.497 e. The number of aromatic amines is 1. The lowest BCUT2D eigenvalue weighted by Crippen LogP contribution is -2.11. The summed E-state index contributed by atoms with van der Waals surface area (Å²) in [6.07, 6.45) is 0.847. The van der Waals surface area contributed by atoms with E-state index >= 15 is 0 Å². The van der Waals surface area contributed by atoms with Crippen LogP contribution in [0.15, 0.2) is 47.3 Å². The van der Waals surface area contributed by atoms with Crippen molar-refractivity contribution in [2.45, 2.75) is 6.42 Å². The summed E-state index contributed by atoms with van der Waals surface area (Å²) in [5.74, 6) is 1.53. The van der Waals surface area contributed by atoms with Crippen LogP contribution in [0, 0.1) is 0 Å². The Bertz CT molecular complexity index is 888. The van der Waals surface area contributed by atoms with Gasteiger partial charge in [0.2, 0.25) is 5.56 Å². The van der Waals surface area contributed by atoms with Crippen molar-refractivity contribution in [1.82, 2.24) is 9.97 Å². The van der Waals surface area contributed by atoms with E-state index < -0.39 is 0 Å². The van der Waals surface area contributed by atoms with Gasteiger partial charge < -0.3 is 20.8 Å². The van der Waals surface area contributed by atoms with Crippen LogP contribution >= 0.6 is 0 Å². The lowest BCUT2D eigenvalue weighted by molar-refractivity contribution is 0.415. The molecule has 0 aliphatic carbocycles. The molecule has 0 fully saturated rings. The molecular formula is C18H20N4O2. The minimum atomic E-state index is -0.137. The maximum atomic E-state index is 11.7. The number of nitrogens with one attached hydrogen (secondary N) is 2. The normalized spacial score (nSPS) is 10.8. The third-order valence-electron chi connectivity index (χ3n) is 3.78. The van der Waals surface area contributed by atoms with E-state index in [1.807, 2.05) is 30.3 Å². The monoisotopic (exact) mass is 324 g/mol. The minimum Gasteiger partial charge on any atom is -0.497 e. The summed E-state index contributed by atoms with van der Waals surface area (Å²) in [5, 5.41) is 4.18. The Balaban J connectivity index is 2.07. The average Bonchev–Trinajstić information content (AvgIpc) is 2.61. The van der Waals surface area contributed by atoms with Crippen molar-refractivity contribution in [2.24, 2.45) is 5.73 Å². The lowest BCUT2D eigenvalue weighted by atomic mass is 10.1. The summed E-state index contributed by atoms with van der Waals surface area (Å²) < 4.78 is 5.19. The van der Waals surface area contributed by atoms with Gasteiger partial charge in [0.1, 0.15) is 11.6 Å². The minimum absolute atomic E-state index is 0.137. The Morgan fingerprint density at radius 1 is 1.21 bits per heavy atom. The number of H-pyrrole nitrogens is 1. The van der Waals surface area contributed by atoms with E-state index in [-0.39, 0.29) is 5.56 Å². The molecule has 4 N–H and O–H groups in total. The highest BCUT2D eigenvalue weighted by atomic mass is 16.5. The number of aromatic nitrogens is 2. The van der Waals surface area contributed by atoms with Crippen LogP contribution in [-0.2, 0) is 0 Å². The quantitative estimate of drug-likeness (QED) is 0.605. The molecule has 1 aromatic carbocycles. The first kappa shape index (κ1) is 16.0. The van der Waals surface area contributed by atoms with Crippen molar-refractivity contribution < 1.29 is 4.74 Å². The predicted octanol–water partition coefficient (Wildman–Crippen LogP) is 2.36. The summed E-state index contributed by atoms with van der Waals surface area (Å²) in [5.41, 5.74) is 7.89. The number of pyridine rings is 2. The first-order valence-corrected chi connectivity index (χ1v) is 7.83. The van der Waals surface area contributed by atoms with Gasteiger partial charge in [0, 0.05) is 23.6 Å². The van der Waals surface area contributed by atoms with E-state index in [0.29, 0.717) is 6.54 Å². The van der Waals surface area contributed by atoms with Crippen LogP contribution in [0.4, 0.5) is 5.82 Å². The first-order chi connectivity index (χ1) is 11.7. The van der Waals surface area contributed by atoms with E-state index in [1.165, 1.54) is 6.07 Å². The number of anilines is 1. The van der Waals surface area contributed by atoms with Gasteiger partial charge >= 0.3 is 0 Å². The smallest absolute Gasteiger partial charge is 0.248 e. The number of nitrogens with two attached hydrogens (primary N) is 1. The Hall–Kier alpha value is -2.86. The van der Waals surface area contributed by atoms with Crippen LogP contribution in [0.3, 0.4) is 0 Å². The number of hydrogen-bond acceptors (Lipinski definition) is 5. The topological polar surface area (TPSA) is 93.0 Å². The highest BCUT2D eigenvalue weighted by molar-refractivity contribution is 5.91. The molecular weight excluding hydrogens is 304 g/mol. The molecule has 0 saturated heterocycles. The van der Waals surface area contributed by atoms with E-state index in [9.17, 15) is 4.79 Å². The van der Waals surface area contributed by atoms with Crippen molar-refractivity contribution in [3.8, 4) is 17.0 Å². The predicted molar refractivity (Wildman–Crippen MR) is 96.5 cm³/mol. The third-order valence-corrected chi connectivity index (χ3v) is 3.78. The van der Waals surface area contributed by atoms with Crippen molar-refractivity contribution >= 4 is 16.7 Å². The number of benzene rings is 1. The molecule has 6 nitrogen and oxygen atoms in total. The molecule has 124 valence electrons. The van der Waals surface area contributed by atoms with Crippen molar-refractivity contribution in [3.05, 3.63) is 52.8 Å². The number of fused-ring (bicyclic) bond motifs is 1. The Morgan fingerprint density at radius 3 is 2.71 bits per heavy atom. The SMILES string of the molecule is COc1ccc(-c2cc3[nH]c(=O)ccc3c(NCCCN)n2)cc1. The van der Waals surface area contributed by atoms with Gasteiger partial charge in [-0.3, -0.25) is 4.79 Å². The third kappa shape index (κ3) is 3.38. The van der Waals surface area contributed by atoms with Gasteiger partial charge in [-0.1, -0.05) is 0 Å². The van der Waals surface area contributed by atoms with E-state index in [2.05, 4.69) is 10.3 Å². The molecule has 6 heteroatoms. The van der Waals surface area contributed by atoms with Gasteiger partial charge in [-0.05, 0) is 49.4 Å². The highest BCUT2D eigenvalue weighted by Crippen LogP contribution is 2.27. The fourth-order valence-corrected chi connectivity index (χ4v) is 2.51. The van der Waals surface area contributed by atoms with Crippen LogP contribution in [0.25, 0.3) is 22.2 Å². The summed E-state index contributed by atoms with van der Waals surface area (Å²) in [6, 6.07) is 12.8. The average molecular weight is 324 g/mol. The molecule has 0 atom stereocenters. The second kappa shape index (κ2) is 7.14. The van der Waals surface area contributed by atoms with Gasteiger partial charge in [-0.2, -0.15) is 0 Å². The molecule has 0 bridgehead atoms. The van der Waals surface area contributed by atoms with Crippen LogP contribution in [-0.4, -0.2) is 30.2 Å². The highest BCUT2D eigenvalue weighted by Gasteiger charge is 2.08. The fraction of sp³-hybridized carbons (Fsp3) is 0.222. The molecule has 0 spiro atoms. The molecule has 0 aliphatic heterocycles. The second-order valence-corrected chi connectivity index (χ2v) is 5.44. The molecule has 3 rings (SSSR count). The standard InChI is InChI=1S/C18H20N4O2/c1-24-13-5-3-12(4-6-13)15-11-16-14(7-8-17(23)21-16)18(22-15)20-10-2-9-19/h3-8,11H,2,9-10,19H2,1H3,(H,20,22)(H,21,23). The summed E-state index contributed by atoms with van der Waals surface area (Å²) in [7, 11) is 1.63. The molecule has 0 saturated carbocycles. The summed E-state index contributed by atoms with van der Waals surface area (Å²) in [4.78, 5) is 19.2. The van der Waals surface area contributed by atoms with Gasteiger partial charge in [0.05, 0.1) is 18.3 Å². The molecule has 0 amide bonds. The summed E-state index contributed by atoms with van der Waals surface area (Å²) >= 11 is 0. The summed E-state index contributed by atoms with van der Waals surface area (Å²) in [6.45, 7) is 1.34. The Morgan fingerprint density at radius 2 is 2.00 bits per heavy atom. The van der Waals surface area contributed by atoms with Gasteiger partial charge in [0.25, 0.3) is 0 Å². The van der Waals surface area contributed by atoms with E-state index in [0.717, 1.165) is 46.7 Å². The molecule has 0 aliphatic rings. The van der Waals surface area contributed by atoms with Gasteiger partial charge in [-0.15, -0.1) is 0 Å². The van der Waals surface area contributed by atoms with Crippen LogP contribution in [0.2, 0.25) is 0 Å². The Kier molecular flexibility index (Phi) is 4.77. The number of hydrogen-bond donors (Lipinski definition) is 3. The number of methoxy groups -OCH3 is 1. The van der Waals surface area contributed by atoms with Gasteiger partial charge in [0.15, 0.2) is 0 Å². The zero-order valence-corrected chi connectivity index (χ0v) is 13.5. The molecule has 2 aromatic heterocycles. The molecule has 0 radical (unpaired) electrons. The number of rotatable bonds is 6. The van der Waals surface area contributed by atoms with Crippen molar-refractivity contribution in [3.63, 3.8) is 0 Å². The van der Waals surface area contributed by atoms with Crippen LogP contribution in [0.1, 0.15) is 6.42 Å². The zero-order chi connectivity index (χ0) is 16.9. The van der Waals surface area contributed by atoms with E-state index in [4.69, 9.17) is 15.5 Å². The van der Waals surface area contributed by atoms with E-state index in [1.54, 1.807) is 13.2 Å². The maximum absolute atomic E-state index is 11.7. The number of ether oxygens (including phenoxy) is 1. The van der Waals surface area contributed by atoms with Crippen molar-refractivity contribution in [1.29, 1.82) is 0 Å². The van der Waals surface area contributed by atoms with Crippen LogP contribution in [0.5, 0.6) is 5.75 Å². The first-order valence-electron chi connectivity index (χ1n) is 7.83. The van der Waals surface area contributed by atoms with Crippen molar-refractivity contribution in [2.75, 3.05) is 25.5 Å². The van der Waals surface area contributed by atoms with Gasteiger partial charge in [-0.25, -0.2) is 4.98 Å². The lowest BCUT2D eigenvalue weighted by Gasteiger charge is -2.11. The second-order valence-electron chi connectivity index (χ2n) is 5.44. The maximum Gasteiger partial charge on any atom is 0.248 e. The molecule has 3 aromatic rings. The molecule has 2 heterocycles.